The number of ether oxygens (including phenoxy) is 1. The Balaban J connectivity index is 1.59. The van der Waals surface area contributed by atoms with Gasteiger partial charge in [-0.1, -0.05) is 18.2 Å². The van der Waals surface area contributed by atoms with Crippen LogP contribution in [0.3, 0.4) is 0 Å². The van der Waals surface area contributed by atoms with Gasteiger partial charge in [0.15, 0.2) is 0 Å². The number of hydrogen-bond donors (Lipinski definition) is 1. The quantitative estimate of drug-likeness (QED) is 0.642. The summed E-state index contributed by atoms with van der Waals surface area (Å²) in [4.78, 5) is 1.36. The average Bonchev–Trinajstić information content (AvgIpc) is 2.65. The van der Waals surface area contributed by atoms with Crippen molar-refractivity contribution in [1.29, 1.82) is 0 Å². The summed E-state index contributed by atoms with van der Waals surface area (Å²) in [6, 6.07) is 11.3. The van der Waals surface area contributed by atoms with E-state index in [1.165, 1.54) is 17.7 Å². The van der Waals surface area contributed by atoms with Crippen molar-refractivity contribution < 1.29 is 4.74 Å². The largest absolute Gasteiger partial charge is 0.381 e. The fourth-order valence-corrected chi connectivity index (χ4v) is 2.86. The van der Waals surface area contributed by atoms with Crippen molar-refractivity contribution in [1.82, 2.24) is 5.32 Å². The molecule has 1 fully saturated rings. The van der Waals surface area contributed by atoms with Crippen LogP contribution in [0.4, 0.5) is 0 Å². The van der Waals surface area contributed by atoms with Gasteiger partial charge in [-0.05, 0) is 31.4 Å². The lowest BCUT2D eigenvalue weighted by atomic mass is 10.1. The summed E-state index contributed by atoms with van der Waals surface area (Å²) >= 11 is 1.92. The summed E-state index contributed by atoms with van der Waals surface area (Å²) in [5.41, 5.74) is 0. The van der Waals surface area contributed by atoms with Crippen LogP contribution in [-0.4, -0.2) is 31.6 Å². The maximum absolute atomic E-state index is 5.46. The Hall–Kier alpha value is -0.510. The SMILES string of the molecule is c1ccc(SCCNC2CCCOCC2)cc1. The van der Waals surface area contributed by atoms with Crippen LogP contribution in [0.2, 0.25) is 0 Å². The third-order valence-corrected chi connectivity index (χ3v) is 4.01. The van der Waals surface area contributed by atoms with Crippen molar-refractivity contribution in [2.45, 2.75) is 30.2 Å². The van der Waals surface area contributed by atoms with Crippen molar-refractivity contribution in [3.05, 3.63) is 30.3 Å². The fourth-order valence-electron chi connectivity index (χ4n) is 2.06. The molecule has 17 heavy (non-hydrogen) atoms. The Kier molecular flexibility index (Phi) is 5.89. The smallest absolute Gasteiger partial charge is 0.0480 e. The van der Waals surface area contributed by atoms with Crippen molar-refractivity contribution >= 4 is 11.8 Å². The van der Waals surface area contributed by atoms with Gasteiger partial charge in [-0.3, -0.25) is 0 Å². The van der Waals surface area contributed by atoms with Gasteiger partial charge in [-0.2, -0.15) is 0 Å². The monoisotopic (exact) mass is 251 g/mol. The molecule has 1 heterocycles. The first-order valence-electron chi connectivity index (χ1n) is 6.44. The third-order valence-electron chi connectivity index (χ3n) is 3.00. The molecule has 1 N–H and O–H groups in total. The van der Waals surface area contributed by atoms with E-state index in [0.29, 0.717) is 6.04 Å². The molecule has 1 unspecified atom stereocenters. The first kappa shape index (κ1) is 12.9. The molecular formula is C14H21NOS. The Labute approximate surface area is 108 Å². The van der Waals surface area contributed by atoms with Gasteiger partial charge in [0.1, 0.15) is 0 Å². The summed E-state index contributed by atoms with van der Waals surface area (Å²) in [7, 11) is 0. The number of nitrogens with one attached hydrogen (secondary N) is 1. The lowest BCUT2D eigenvalue weighted by Crippen LogP contribution is -2.31. The molecule has 94 valence electrons. The van der Waals surface area contributed by atoms with Crippen LogP contribution < -0.4 is 5.32 Å². The highest BCUT2D eigenvalue weighted by molar-refractivity contribution is 7.99. The second-order valence-corrected chi connectivity index (χ2v) is 5.52. The van der Waals surface area contributed by atoms with Crippen LogP contribution in [0, 0.1) is 0 Å². The molecule has 1 aromatic rings. The zero-order valence-corrected chi connectivity index (χ0v) is 11.0. The van der Waals surface area contributed by atoms with Crippen LogP contribution in [0.1, 0.15) is 19.3 Å². The molecule has 2 rings (SSSR count). The van der Waals surface area contributed by atoms with E-state index in [9.17, 15) is 0 Å². The van der Waals surface area contributed by atoms with Crippen molar-refractivity contribution in [2.75, 3.05) is 25.5 Å². The molecule has 1 aliphatic rings. The molecule has 0 saturated carbocycles. The number of hydrogen-bond acceptors (Lipinski definition) is 3. The second kappa shape index (κ2) is 7.75. The first-order valence-corrected chi connectivity index (χ1v) is 7.43. The molecule has 3 heteroatoms. The van der Waals surface area contributed by atoms with Crippen LogP contribution in [-0.2, 0) is 4.74 Å². The normalized spacial score (nSPS) is 21.1. The lowest BCUT2D eigenvalue weighted by molar-refractivity contribution is 0.142. The standard InChI is InChI=1S/C14H21NOS/c1-2-6-14(7-3-1)17-12-9-15-13-5-4-10-16-11-8-13/h1-3,6-7,13,15H,4-5,8-12H2. The van der Waals surface area contributed by atoms with Crippen molar-refractivity contribution in [3.63, 3.8) is 0 Å². The summed E-state index contributed by atoms with van der Waals surface area (Å²) in [5, 5.41) is 3.63. The van der Waals surface area contributed by atoms with Gasteiger partial charge in [-0.15, -0.1) is 11.8 Å². The molecular weight excluding hydrogens is 230 g/mol. The predicted molar refractivity (Wildman–Crippen MR) is 73.6 cm³/mol. The van der Waals surface area contributed by atoms with Crippen LogP contribution in [0.25, 0.3) is 0 Å². The van der Waals surface area contributed by atoms with Gasteiger partial charge < -0.3 is 10.1 Å². The molecule has 1 aromatic carbocycles. The lowest BCUT2D eigenvalue weighted by Gasteiger charge is -2.15. The van der Waals surface area contributed by atoms with Gasteiger partial charge in [0.05, 0.1) is 0 Å². The number of rotatable bonds is 5. The van der Waals surface area contributed by atoms with E-state index in [-0.39, 0.29) is 0 Å². The molecule has 2 nitrogen and oxygen atoms in total. The summed E-state index contributed by atoms with van der Waals surface area (Å²) in [5.74, 6) is 1.14. The summed E-state index contributed by atoms with van der Waals surface area (Å²) < 4.78 is 5.46. The zero-order chi connectivity index (χ0) is 11.8. The fraction of sp³-hybridized carbons (Fsp3) is 0.571. The summed E-state index contributed by atoms with van der Waals surface area (Å²) in [6.45, 7) is 2.95. The van der Waals surface area contributed by atoms with Crippen LogP contribution in [0.15, 0.2) is 35.2 Å². The zero-order valence-electron chi connectivity index (χ0n) is 10.2. The van der Waals surface area contributed by atoms with E-state index < -0.39 is 0 Å². The van der Waals surface area contributed by atoms with E-state index in [1.807, 2.05) is 11.8 Å². The van der Waals surface area contributed by atoms with Crippen molar-refractivity contribution in [2.24, 2.45) is 0 Å². The maximum Gasteiger partial charge on any atom is 0.0480 e. The van der Waals surface area contributed by atoms with Crippen LogP contribution in [0.5, 0.6) is 0 Å². The molecule has 1 atom stereocenters. The predicted octanol–water partition coefficient (Wildman–Crippen LogP) is 2.94. The molecule has 0 bridgehead atoms. The Morgan fingerprint density at radius 1 is 1.18 bits per heavy atom. The van der Waals surface area contributed by atoms with E-state index in [4.69, 9.17) is 4.74 Å². The Morgan fingerprint density at radius 2 is 2.06 bits per heavy atom. The first-order chi connectivity index (χ1) is 8.45. The third kappa shape index (κ3) is 5.11. The highest BCUT2D eigenvalue weighted by Gasteiger charge is 2.10. The molecule has 0 radical (unpaired) electrons. The van der Waals surface area contributed by atoms with Gasteiger partial charge in [-0.25, -0.2) is 0 Å². The van der Waals surface area contributed by atoms with Gasteiger partial charge in [0.2, 0.25) is 0 Å². The highest BCUT2D eigenvalue weighted by atomic mass is 32.2. The molecule has 0 amide bonds. The van der Waals surface area contributed by atoms with E-state index in [1.54, 1.807) is 0 Å². The molecule has 1 saturated heterocycles. The number of thioether (sulfide) groups is 1. The summed E-state index contributed by atoms with van der Waals surface area (Å²) in [6.07, 6.45) is 3.62. The minimum atomic E-state index is 0.661. The maximum atomic E-state index is 5.46. The van der Waals surface area contributed by atoms with E-state index in [2.05, 4.69) is 35.6 Å². The minimum Gasteiger partial charge on any atom is -0.381 e. The molecule has 0 aromatic heterocycles. The highest BCUT2D eigenvalue weighted by Crippen LogP contribution is 2.16. The Morgan fingerprint density at radius 3 is 2.94 bits per heavy atom. The molecule has 0 spiro atoms. The molecule has 0 aliphatic carbocycles. The van der Waals surface area contributed by atoms with Crippen LogP contribution >= 0.6 is 11.8 Å². The van der Waals surface area contributed by atoms with Gasteiger partial charge in [0, 0.05) is 36.4 Å². The average molecular weight is 251 g/mol. The van der Waals surface area contributed by atoms with Gasteiger partial charge in [0.25, 0.3) is 0 Å². The van der Waals surface area contributed by atoms with Gasteiger partial charge >= 0.3 is 0 Å². The molecule has 1 aliphatic heterocycles. The topological polar surface area (TPSA) is 21.3 Å². The van der Waals surface area contributed by atoms with E-state index >= 15 is 0 Å². The van der Waals surface area contributed by atoms with Crippen molar-refractivity contribution in [3.8, 4) is 0 Å². The number of benzene rings is 1. The second-order valence-electron chi connectivity index (χ2n) is 4.36. The van der Waals surface area contributed by atoms with E-state index in [0.717, 1.165) is 31.9 Å². The Bertz CT molecular complexity index is 296. The minimum absolute atomic E-state index is 0.661.